The molecule has 1 aromatic carbocycles. The van der Waals surface area contributed by atoms with Gasteiger partial charge in [-0.25, -0.2) is 0 Å². The van der Waals surface area contributed by atoms with Crippen molar-refractivity contribution in [2.75, 3.05) is 0 Å². The molecule has 4 nitrogen and oxygen atoms in total. The molecular formula is C8H4ClF3N4. The maximum Gasteiger partial charge on any atom is 0.418 e. The predicted octanol–water partition coefficient (Wildman–Crippen LogP) is 2.33. The number of halogens is 4. The van der Waals surface area contributed by atoms with Crippen molar-refractivity contribution in [3.05, 3.63) is 35.1 Å². The summed E-state index contributed by atoms with van der Waals surface area (Å²) in [6.45, 7) is 0. The summed E-state index contributed by atoms with van der Waals surface area (Å²) < 4.78 is 38.8. The average molecular weight is 249 g/mol. The van der Waals surface area contributed by atoms with E-state index < -0.39 is 11.7 Å². The topological polar surface area (TPSA) is 43.6 Å². The van der Waals surface area contributed by atoms with Crippen molar-refractivity contribution in [3.8, 4) is 5.69 Å². The quantitative estimate of drug-likeness (QED) is 0.778. The lowest BCUT2D eigenvalue weighted by Crippen LogP contribution is -2.11. The third-order valence-electron chi connectivity index (χ3n) is 1.87. The predicted molar refractivity (Wildman–Crippen MR) is 49.2 cm³/mol. The number of nitrogens with zero attached hydrogens (tertiary/aromatic N) is 4. The number of para-hydroxylation sites is 1. The first kappa shape index (κ1) is 10.9. The zero-order valence-electron chi connectivity index (χ0n) is 7.61. The van der Waals surface area contributed by atoms with Crippen LogP contribution in [0.4, 0.5) is 13.2 Å². The Morgan fingerprint density at radius 3 is 2.44 bits per heavy atom. The maximum atomic E-state index is 12.6. The molecule has 0 fully saturated rings. The molecule has 1 heterocycles. The van der Waals surface area contributed by atoms with Crippen LogP contribution < -0.4 is 0 Å². The summed E-state index contributed by atoms with van der Waals surface area (Å²) in [6, 6.07) is 4.91. The molecule has 16 heavy (non-hydrogen) atoms. The number of hydrogen-bond donors (Lipinski definition) is 0. The Kier molecular flexibility index (Phi) is 2.55. The van der Waals surface area contributed by atoms with Crippen LogP contribution in [0.15, 0.2) is 24.3 Å². The molecule has 0 aliphatic heterocycles. The fourth-order valence-electron chi connectivity index (χ4n) is 1.22. The molecule has 0 aliphatic carbocycles. The van der Waals surface area contributed by atoms with Crippen molar-refractivity contribution >= 4 is 11.6 Å². The van der Waals surface area contributed by atoms with Crippen LogP contribution in [-0.4, -0.2) is 20.2 Å². The van der Waals surface area contributed by atoms with Crippen LogP contribution in [0.3, 0.4) is 0 Å². The number of aromatic nitrogens is 4. The van der Waals surface area contributed by atoms with E-state index in [0.29, 0.717) is 0 Å². The Morgan fingerprint density at radius 2 is 1.88 bits per heavy atom. The first-order valence-corrected chi connectivity index (χ1v) is 4.48. The monoisotopic (exact) mass is 248 g/mol. The lowest BCUT2D eigenvalue weighted by atomic mass is 10.2. The van der Waals surface area contributed by atoms with Gasteiger partial charge in [0.15, 0.2) is 0 Å². The first-order valence-electron chi connectivity index (χ1n) is 4.10. The second kappa shape index (κ2) is 3.75. The fraction of sp³-hybridized carbons (Fsp3) is 0.125. The smallest absolute Gasteiger partial charge is 0.183 e. The molecule has 0 aliphatic rings. The van der Waals surface area contributed by atoms with E-state index >= 15 is 0 Å². The summed E-state index contributed by atoms with van der Waals surface area (Å²) in [5.41, 5.74) is -1.05. The summed E-state index contributed by atoms with van der Waals surface area (Å²) in [6.07, 6.45) is -4.48. The van der Waals surface area contributed by atoms with E-state index in [-0.39, 0.29) is 11.0 Å². The third kappa shape index (κ3) is 1.85. The van der Waals surface area contributed by atoms with E-state index in [4.69, 9.17) is 11.6 Å². The summed E-state index contributed by atoms with van der Waals surface area (Å²) in [5.74, 6) is 0. The Hall–Kier alpha value is -1.63. The summed E-state index contributed by atoms with van der Waals surface area (Å²) in [4.78, 5) is 0. The van der Waals surface area contributed by atoms with Crippen LogP contribution in [0.1, 0.15) is 5.56 Å². The molecule has 2 aromatic rings. The van der Waals surface area contributed by atoms with Gasteiger partial charge in [0, 0.05) is 0 Å². The molecule has 0 saturated carbocycles. The fourth-order valence-corrected chi connectivity index (χ4v) is 1.38. The average Bonchev–Trinajstić information content (AvgIpc) is 2.63. The third-order valence-corrected chi connectivity index (χ3v) is 2.10. The summed E-state index contributed by atoms with van der Waals surface area (Å²) in [5, 5.41) is 9.66. The van der Waals surface area contributed by atoms with Crippen molar-refractivity contribution in [3.63, 3.8) is 0 Å². The molecule has 0 atom stereocenters. The molecule has 0 saturated heterocycles. The minimum absolute atomic E-state index is 0.204. The van der Waals surface area contributed by atoms with Gasteiger partial charge in [-0.3, -0.25) is 0 Å². The van der Waals surface area contributed by atoms with Crippen LogP contribution in [0.2, 0.25) is 5.28 Å². The highest BCUT2D eigenvalue weighted by Crippen LogP contribution is 2.33. The van der Waals surface area contributed by atoms with Crippen molar-refractivity contribution in [2.45, 2.75) is 6.18 Å². The lowest BCUT2D eigenvalue weighted by molar-refractivity contribution is -0.137. The van der Waals surface area contributed by atoms with Gasteiger partial charge in [0.1, 0.15) is 0 Å². The molecule has 0 amide bonds. The van der Waals surface area contributed by atoms with Crippen molar-refractivity contribution < 1.29 is 13.2 Å². The number of hydrogen-bond acceptors (Lipinski definition) is 3. The molecule has 84 valence electrons. The van der Waals surface area contributed by atoms with E-state index in [0.717, 1.165) is 10.7 Å². The summed E-state index contributed by atoms with van der Waals surface area (Å²) in [7, 11) is 0. The van der Waals surface area contributed by atoms with Crippen molar-refractivity contribution in [2.24, 2.45) is 0 Å². The normalized spacial score (nSPS) is 11.8. The first-order chi connectivity index (χ1) is 7.50. The van der Waals surface area contributed by atoms with Crippen LogP contribution >= 0.6 is 11.6 Å². The molecule has 0 bridgehead atoms. The lowest BCUT2D eigenvalue weighted by Gasteiger charge is -2.11. The van der Waals surface area contributed by atoms with Crippen molar-refractivity contribution in [1.82, 2.24) is 20.2 Å². The molecular weight excluding hydrogens is 245 g/mol. The number of alkyl halides is 3. The van der Waals surface area contributed by atoms with Gasteiger partial charge in [-0.1, -0.05) is 17.2 Å². The molecule has 0 radical (unpaired) electrons. The SMILES string of the molecule is FC(F)(F)c1ccccc1-n1nnnc1Cl. The Labute approximate surface area is 92.6 Å². The largest absolute Gasteiger partial charge is 0.418 e. The van der Waals surface area contributed by atoms with Gasteiger partial charge in [0.05, 0.1) is 11.3 Å². The zero-order valence-corrected chi connectivity index (χ0v) is 8.37. The Bertz CT molecular complexity index is 508. The van der Waals surface area contributed by atoms with E-state index in [1.807, 2.05) is 0 Å². The molecule has 0 unspecified atom stereocenters. The minimum atomic E-state index is -4.48. The standard InChI is InChI=1S/C8H4ClF3N4/c9-7-13-14-15-16(7)6-4-2-1-3-5(6)8(10,11)12/h1-4H. The second-order valence-electron chi connectivity index (χ2n) is 2.87. The summed E-state index contributed by atoms with van der Waals surface area (Å²) >= 11 is 5.56. The van der Waals surface area contributed by atoms with E-state index in [1.165, 1.54) is 18.2 Å². The van der Waals surface area contributed by atoms with Crippen LogP contribution in [0.5, 0.6) is 0 Å². The van der Waals surface area contributed by atoms with E-state index in [1.54, 1.807) is 0 Å². The van der Waals surface area contributed by atoms with Gasteiger partial charge >= 0.3 is 6.18 Å². The Morgan fingerprint density at radius 1 is 1.19 bits per heavy atom. The van der Waals surface area contributed by atoms with Gasteiger partial charge < -0.3 is 0 Å². The van der Waals surface area contributed by atoms with Gasteiger partial charge in [0.25, 0.3) is 0 Å². The molecule has 1 aromatic heterocycles. The van der Waals surface area contributed by atoms with Gasteiger partial charge in [-0.2, -0.15) is 17.9 Å². The van der Waals surface area contributed by atoms with Crippen LogP contribution in [0, 0.1) is 0 Å². The number of benzene rings is 1. The second-order valence-corrected chi connectivity index (χ2v) is 3.21. The van der Waals surface area contributed by atoms with Crippen LogP contribution in [0.25, 0.3) is 5.69 Å². The number of tetrazole rings is 1. The molecule has 0 N–H and O–H groups in total. The highest BCUT2D eigenvalue weighted by molar-refractivity contribution is 6.28. The zero-order chi connectivity index (χ0) is 11.8. The highest BCUT2D eigenvalue weighted by atomic mass is 35.5. The molecule has 8 heteroatoms. The van der Waals surface area contributed by atoms with Gasteiger partial charge in [-0.05, 0) is 34.2 Å². The van der Waals surface area contributed by atoms with Crippen LogP contribution in [-0.2, 0) is 6.18 Å². The van der Waals surface area contributed by atoms with E-state index in [2.05, 4.69) is 15.5 Å². The van der Waals surface area contributed by atoms with Crippen molar-refractivity contribution in [1.29, 1.82) is 0 Å². The number of rotatable bonds is 1. The highest BCUT2D eigenvalue weighted by Gasteiger charge is 2.34. The Balaban J connectivity index is 2.62. The maximum absolute atomic E-state index is 12.6. The molecule has 2 rings (SSSR count). The molecule has 0 spiro atoms. The van der Waals surface area contributed by atoms with E-state index in [9.17, 15) is 13.2 Å². The van der Waals surface area contributed by atoms with Gasteiger partial charge in [0.2, 0.25) is 5.28 Å². The minimum Gasteiger partial charge on any atom is -0.183 e. The van der Waals surface area contributed by atoms with Gasteiger partial charge in [-0.15, -0.1) is 0 Å².